The van der Waals surface area contributed by atoms with Crippen molar-refractivity contribution < 1.29 is 35.5 Å². The fraction of sp³-hybridized carbons (Fsp3) is 0.100. The van der Waals surface area contributed by atoms with Crippen molar-refractivity contribution in [2.24, 2.45) is 0 Å². The fourth-order valence-electron chi connectivity index (χ4n) is 2.67. The first-order valence-electron chi connectivity index (χ1n) is 8.27. The summed E-state index contributed by atoms with van der Waals surface area (Å²) in [4.78, 5) is 15.8. The van der Waals surface area contributed by atoms with E-state index in [-0.39, 0.29) is 11.3 Å². The summed E-state index contributed by atoms with van der Waals surface area (Å²) in [7, 11) is 0. The maximum atomic E-state index is 14.5. The topological polar surface area (TPSA) is 42.0 Å². The Labute approximate surface area is 165 Å². The Morgan fingerprint density at radius 1 is 0.867 bits per heavy atom. The molecule has 0 saturated carbocycles. The number of amides is 1. The van der Waals surface area contributed by atoms with Crippen LogP contribution in [0.3, 0.4) is 0 Å². The zero-order chi connectivity index (χ0) is 22.1. The number of nitrogens with one attached hydrogen (secondary N) is 1. The second-order valence-corrected chi connectivity index (χ2v) is 6.12. The van der Waals surface area contributed by atoms with Crippen LogP contribution in [0, 0.1) is 5.82 Å². The second kappa shape index (κ2) is 7.77. The Kier molecular flexibility index (Phi) is 5.51. The molecule has 1 N–H and O–H groups in total. The monoisotopic (exact) mass is 428 g/mol. The third kappa shape index (κ3) is 4.58. The van der Waals surface area contributed by atoms with Crippen molar-refractivity contribution in [2.75, 3.05) is 5.32 Å². The molecule has 0 aliphatic rings. The number of anilines is 1. The van der Waals surface area contributed by atoms with E-state index in [2.05, 4.69) is 10.3 Å². The summed E-state index contributed by atoms with van der Waals surface area (Å²) in [6, 6.07) is 8.30. The molecule has 0 saturated heterocycles. The van der Waals surface area contributed by atoms with Gasteiger partial charge in [-0.15, -0.1) is 0 Å². The standard InChI is InChI=1S/C20H11F7N2O/c21-16-9-11(18(30)29-13-4-1-3-12(10-13)19(22,23)24)6-7-14(16)17-15(20(25,26)27)5-2-8-28-17/h1-10H,(H,29,30). The van der Waals surface area contributed by atoms with Gasteiger partial charge in [0.05, 0.1) is 16.8 Å². The Hall–Kier alpha value is -3.43. The molecule has 156 valence electrons. The van der Waals surface area contributed by atoms with Gasteiger partial charge in [0.15, 0.2) is 0 Å². The summed E-state index contributed by atoms with van der Waals surface area (Å²) >= 11 is 0. The number of halogens is 7. The first-order chi connectivity index (χ1) is 14.0. The lowest BCUT2D eigenvalue weighted by molar-refractivity contribution is -0.138. The Morgan fingerprint density at radius 3 is 2.23 bits per heavy atom. The van der Waals surface area contributed by atoms with Crippen molar-refractivity contribution in [2.45, 2.75) is 12.4 Å². The average Bonchev–Trinajstić information content (AvgIpc) is 2.67. The zero-order valence-electron chi connectivity index (χ0n) is 14.8. The Bertz CT molecular complexity index is 1090. The number of aromatic nitrogens is 1. The van der Waals surface area contributed by atoms with E-state index in [0.717, 1.165) is 42.6 Å². The number of pyridine rings is 1. The predicted molar refractivity (Wildman–Crippen MR) is 94.0 cm³/mol. The van der Waals surface area contributed by atoms with Gasteiger partial charge in [0.1, 0.15) is 5.82 Å². The van der Waals surface area contributed by atoms with E-state index in [4.69, 9.17) is 0 Å². The number of carbonyl (C=O) groups is 1. The summed E-state index contributed by atoms with van der Waals surface area (Å²) < 4.78 is 92.1. The SMILES string of the molecule is O=C(Nc1cccc(C(F)(F)F)c1)c1ccc(-c2ncccc2C(F)(F)F)c(F)c1. The molecule has 10 heteroatoms. The molecule has 0 atom stereocenters. The average molecular weight is 428 g/mol. The number of hydrogen-bond acceptors (Lipinski definition) is 2. The maximum Gasteiger partial charge on any atom is 0.418 e. The van der Waals surface area contributed by atoms with Crippen molar-refractivity contribution in [3.8, 4) is 11.3 Å². The van der Waals surface area contributed by atoms with E-state index in [1.54, 1.807) is 0 Å². The molecule has 1 amide bonds. The van der Waals surface area contributed by atoms with E-state index in [9.17, 15) is 35.5 Å². The smallest absolute Gasteiger partial charge is 0.322 e. The summed E-state index contributed by atoms with van der Waals surface area (Å²) in [5, 5.41) is 2.19. The normalized spacial score (nSPS) is 12.0. The minimum Gasteiger partial charge on any atom is -0.322 e. The van der Waals surface area contributed by atoms with Crippen LogP contribution in [0.2, 0.25) is 0 Å². The van der Waals surface area contributed by atoms with Crippen molar-refractivity contribution >= 4 is 11.6 Å². The molecule has 0 radical (unpaired) electrons. The molecule has 2 aromatic carbocycles. The lowest BCUT2D eigenvalue weighted by Crippen LogP contribution is -2.14. The van der Waals surface area contributed by atoms with Crippen molar-refractivity contribution in [1.29, 1.82) is 0 Å². The molecule has 0 spiro atoms. The van der Waals surface area contributed by atoms with E-state index in [0.29, 0.717) is 12.1 Å². The minimum absolute atomic E-state index is 0.177. The molecule has 0 aliphatic heterocycles. The molecule has 1 aromatic heterocycles. The highest BCUT2D eigenvalue weighted by molar-refractivity contribution is 6.04. The third-order valence-corrected chi connectivity index (χ3v) is 4.05. The van der Waals surface area contributed by atoms with Crippen LogP contribution in [0.4, 0.5) is 36.4 Å². The van der Waals surface area contributed by atoms with E-state index >= 15 is 0 Å². The summed E-state index contributed by atoms with van der Waals surface area (Å²) in [6.07, 6.45) is -8.32. The maximum absolute atomic E-state index is 14.5. The summed E-state index contributed by atoms with van der Waals surface area (Å²) in [6.45, 7) is 0. The lowest BCUT2D eigenvalue weighted by atomic mass is 10.0. The van der Waals surface area contributed by atoms with Gasteiger partial charge in [-0.3, -0.25) is 9.78 Å². The zero-order valence-corrected chi connectivity index (χ0v) is 14.8. The van der Waals surface area contributed by atoms with Crippen LogP contribution < -0.4 is 5.32 Å². The van der Waals surface area contributed by atoms with Gasteiger partial charge < -0.3 is 5.32 Å². The van der Waals surface area contributed by atoms with E-state index < -0.39 is 46.5 Å². The van der Waals surface area contributed by atoms with Crippen LogP contribution in [-0.4, -0.2) is 10.9 Å². The van der Waals surface area contributed by atoms with Crippen molar-refractivity contribution in [1.82, 2.24) is 4.98 Å². The Morgan fingerprint density at radius 2 is 1.60 bits per heavy atom. The Balaban J connectivity index is 1.89. The molecule has 0 fully saturated rings. The predicted octanol–water partition coefficient (Wildman–Crippen LogP) is 6.18. The summed E-state index contributed by atoms with van der Waals surface area (Å²) in [5.74, 6) is -2.08. The van der Waals surface area contributed by atoms with E-state index in [1.807, 2.05) is 0 Å². The largest absolute Gasteiger partial charge is 0.418 e. The molecule has 3 rings (SSSR count). The van der Waals surface area contributed by atoms with Crippen LogP contribution in [0.25, 0.3) is 11.3 Å². The van der Waals surface area contributed by atoms with Crippen LogP contribution in [-0.2, 0) is 12.4 Å². The number of nitrogens with zero attached hydrogens (tertiary/aromatic N) is 1. The molecule has 0 unspecified atom stereocenters. The van der Waals surface area contributed by atoms with Gasteiger partial charge in [-0.05, 0) is 48.5 Å². The molecule has 3 nitrogen and oxygen atoms in total. The molecular formula is C20H11F7N2O. The number of alkyl halides is 6. The second-order valence-electron chi connectivity index (χ2n) is 6.12. The van der Waals surface area contributed by atoms with Crippen LogP contribution in [0.5, 0.6) is 0 Å². The van der Waals surface area contributed by atoms with E-state index in [1.165, 1.54) is 6.07 Å². The lowest BCUT2D eigenvalue weighted by Gasteiger charge is -2.13. The number of benzene rings is 2. The summed E-state index contributed by atoms with van der Waals surface area (Å²) in [5.41, 5.74) is -3.73. The van der Waals surface area contributed by atoms with Gasteiger partial charge >= 0.3 is 12.4 Å². The molecule has 3 aromatic rings. The highest BCUT2D eigenvalue weighted by atomic mass is 19.4. The molecular weight excluding hydrogens is 417 g/mol. The van der Waals surface area contributed by atoms with Crippen LogP contribution in [0.15, 0.2) is 60.8 Å². The van der Waals surface area contributed by atoms with Crippen LogP contribution >= 0.6 is 0 Å². The van der Waals surface area contributed by atoms with Crippen molar-refractivity contribution in [3.63, 3.8) is 0 Å². The van der Waals surface area contributed by atoms with Gasteiger partial charge in [0.25, 0.3) is 5.91 Å². The van der Waals surface area contributed by atoms with Gasteiger partial charge in [-0.25, -0.2) is 4.39 Å². The molecule has 30 heavy (non-hydrogen) atoms. The molecule has 0 bridgehead atoms. The van der Waals surface area contributed by atoms with Crippen molar-refractivity contribution in [3.05, 3.63) is 83.3 Å². The fourth-order valence-corrected chi connectivity index (χ4v) is 2.67. The minimum atomic E-state index is -4.77. The number of carbonyl (C=O) groups excluding carboxylic acids is 1. The highest BCUT2D eigenvalue weighted by Crippen LogP contribution is 2.36. The van der Waals surface area contributed by atoms with Gasteiger partial charge in [0, 0.05) is 23.0 Å². The number of hydrogen-bond donors (Lipinski definition) is 1. The van der Waals surface area contributed by atoms with Gasteiger partial charge in [-0.1, -0.05) is 6.07 Å². The molecule has 1 heterocycles. The third-order valence-electron chi connectivity index (χ3n) is 4.05. The van der Waals surface area contributed by atoms with Gasteiger partial charge in [-0.2, -0.15) is 26.3 Å². The first-order valence-corrected chi connectivity index (χ1v) is 8.27. The number of rotatable bonds is 3. The quantitative estimate of drug-likeness (QED) is 0.507. The van der Waals surface area contributed by atoms with Crippen LogP contribution in [0.1, 0.15) is 21.5 Å². The molecule has 0 aliphatic carbocycles. The highest BCUT2D eigenvalue weighted by Gasteiger charge is 2.35. The van der Waals surface area contributed by atoms with Gasteiger partial charge in [0.2, 0.25) is 0 Å². The first kappa shape index (κ1) is 21.3.